The molecular weight excluding hydrogens is 316 g/mol. The van der Waals surface area contributed by atoms with E-state index in [0.29, 0.717) is 17.9 Å². The Bertz CT molecular complexity index is 760. The average molecular weight is 338 g/mol. The summed E-state index contributed by atoms with van der Waals surface area (Å²) in [5, 5.41) is 0. The highest BCUT2D eigenvalue weighted by Gasteiger charge is 2.31. The monoisotopic (exact) mass is 338 g/mol. The number of ketones is 1. The van der Waals surface area contributed by atoms with Crippen molar-refractivity contribution < 1.29 is 19.1 Å². The first kappa shape index (κ1) is 18.5. The van der Waals surface area contributed by atoms with Crippen molar-refractivity contribution in [2.45, 2.75) is 26.4 Å². The molecule has 0 amide bonds. The van der Waals surface area contributed by atoms with Crippen LogP contribution in [-0.2, 0) is 9.53 Å². The number of esters is 1. The van der Waals surface area contributed by atoms with Gasteiger partial charge in [-0.3, -0.25) is 4.79 Å². The minimum atomic E-state index is -1.09. The van der Waals surface area contributed by atoms with Gasteiger partial charge < -0.3 is 9.47 Å². The summed E-state index contributed by atoms with van der Waals surface area (Å²) in [5.41, 5.74) is 0.356. The van der Waals surface area contributed by atoms with E-state index in [4.69, 9.17) is 9.47 Å². The van der Waals surface area contributed by atoms with Gasteiger partial charge in [0.15, 0.2) is 11.4 Å². The van der Waals surface area contributed by atoms with Crippen LogP contribution in [0.3, 0.4) is 0 Å². The Labute approximate surface area is 148 Å². The van der Waals surface area contributed by atoms with E-state index in [-0.39, 0.29) is 5.78 Å². The molecule has 2 aromatic rings. The Hall–Kier alpha value is -2.88. The molecule has 0 saturated carbocycles. The molecule has 0 aromatic heterocycles. The van der Waals surface area contributed by atoms with Gasteiger partial charge in [-0.15, -0.1) is 0 Å². The number of hydrogen-bond acceptors (Lipinski definition) is 4. The van der Waals surface area contributed by atoms with E-state index in [9.17, 15) is 9.59 Å². The van der Waals surface area contributed by atoms with E-state index in [1.54, 1.807) is 51.1 Å². The second kappa shape index (κ2) is 8.29. The number of rotatable bonds is 7. The van der Waals surface area contributed by atoms with Gasteiger partial charge in [0.1, 0.15) is 5.75 Å². The fourth-order valence-electron chi connectivity index (χ4n) is 2.19. The van der Waals surface area contributed by atoms with Crippen LogP contribution in [-0.4, -0.2) is 24.0 Å². The van der Waals surface area contributed by atoms with Crippen LogP contribution in [0.15, 0.2) is 60.7 Å². The van der Waals surface area contributed by atoms with E-state index in [1.807, 2.05) is 30.3 Å². The Balaban J connectivity index is 2.10. The molecule has 0 unspecified atom stereocenters. The lowest BCUT2D eigenvalue weighted by molar-refractivity contribution is -0.158. The van der Waals surface area contributed by atoms with E-state index < -0.39 is 11.6 Å². The maximum absolute atomic E-state index is 12.1. The Morgan fingerprint density at radius 3 is 2.44 bits per heavy atom. The van der Waals surface area contributed by atoms with Gasteiger partial charge in [-0.25, -0.2) is 4.79 Å². The van der Waals surface area contributed by atoms with Gasteiger partial charge in [0.25, 0.3) is 0 Å². The SMILES string of the molecule is CCOC(=O)C(C)(C)Oc1cccc(/C=C/C(=O)c2ccccc2)c1. The molecule has 0 aliphatic carbocycles. The molecule has 0 N–H and O–H groups in total. The Morgan fingerprint density at radius 2 is 1.76 bits per heavy atom. The van der Waals surface area contributed by atoms with Gasteiger partial charge in [-0.1, -0.05) is 48.5 Å². The third-order valence-corrected chi connectivity index (χ3v) is 3.48. The summed E-state index contributed by atoms with van der Waals surface area (Å²) in [5.74, 6) is 0.0429. The average Bonchev–Trinajstić information content (AvgIpc) is 2.60. The van der Waals surface area contributed by atoms with E-state index in [2.05, 4.69) is 0 Å². The lowest BCUT2D eigenvalue weighted by Gasteiger charge is -2.24. The largest absolute Gasteiger partial charge is 0.476 e. The molecule has 0 aliphatic heterocycles. The first-order chi connectivity index (χ1) is 11.9. The molecule has 4 heteroatoms. The van der Waals surface area contributed by atoms with Crippen molar-refractivity contribution in [2.24, 2.45) is 0 Å². The van der Waals surface area contributed by atoms with Crippen molar-refractivity contribution in [1.29, 1.82) is 0 Å². The maximum atomic E-state index is 12.1. The van der Waals surface area contributed by atoms with Crippen molar-refractivity contribution in [3.05, 3.63) is 71.8 Å². The second-order valence-electron chi connectivity index (χ2n) is 5.97. The molecule has 0 heterocycles. The zero-order valence-electron chi connectivity index (χ0n) is 14.7. The van der Waals surface area contributed by atoms with E-state index in [1.165, 1.54) is 6.08 Å². The summed E-state index contributed by atoms with van der Waals surface area (Å²) in [6.07, 6.45) is 3.24. The van der Waals surface area contributed by atoms with Gasteiger partial charge in [0.05, 0.1) is 6.61 Å². The predicted octanol–water partition coefficient (Wildman–Crippen LogP) is 4.30. The first-order valence-corrected chi connectivity index (χ1v) is 8.16. The minimum Gasteiger partial charge on any atom is -0.476 e. The molecule has 130 valence electrons. The molecular formula is C21H22O4. The molecule has 2 aromatic carbocycles. The Kier molecular flexibility index (Phi) is 6.12. The van der Waals surface area contributed by atoms with Crippen LogP contribution in [0.1, 0.15) is 36.7 Å². The summed E-state index contributed by atoms with van der Waals surface area (Å²) >= 11 is 0. The van der Waals surface area contributed by atoms with E-state index >= 15 is 0 Å². The zero-order chi connectivity index (χ0) is 18.3. The van der Waals surface area contributed by atoms with Crippen LogP contribution < -0.4 is 4.74 Å². The third kappa shape index (κ3) is 5.31. The number of ether oxygens (including phenoxy) is 2. The number of carbonyl (C=O) groups is 2. The minimum absolute atomic E-state index is 0.0706. The van der Waals surface area contributed by atoms with Gasteiger partial charge in [-0.2, -0.15) is 0 Å². The summed E-state index contributed by atoms with van der Waals surface area (Å²) in [6, 6.07) is 16.3. The van der Waals surface area contributed by atoms with Crippen molar-refractivity contribution in [3.63, 3.8) is 0 Å². The molecule has 0 saturated heterocycles. The highest BCUT2D eigenvalue weighted by Crippen LogP contribution is 2.21. The summed E-state index contributed by atoms with van der Waals surface area (Å²) in [4.78, 5) is 24.0. The second-order valence-corrected chi connectivity index (χ2v) is 5.97. The zero-order valence-corrected chi connectivity index (χ0v) is 14.7. The van der Waals surface area contributed by atoms with Crippen molar-refractivity contribution in [2.75, 3.05) is 6.61 Å². The van der Waals surface area contributed by atoms with Gasteiger partial charge in [-0.05, 0) is 44.5 Å². The molecule has 0 bridgehead atoms. The standard InChI is InChI=1S/C21H22O4/c1-4-24-20(23)21(2,3)25-18-12-8-9-16(15-18)13-14-19(22)17-10-6-5-7-11-17/h5-15H,4H2,1-3H3/b14-13+. The van der Waals surface area contributed by atoms with Crippen molar-refractivity contribution in [3.8, 4) is 5.75 Å². The van der Waals surface area contributed by atoms with Gasteiger partial charge >= 0.3 is 5.97 Å². The van der Waals surface area contributed by atoms with Crippen LogP contribution >= 0.6 is 0 Å². The fourth-order valence-corrected chi connectivity index (χ4v) is 2.19. The summed E-state index contributed by atoms with van der Waals surface area (Å²) < 4.78 is 10.8. The van der Waals surface area contributed by atoms with E-state index in [0.717, 1.165) is 5.56 Å². The van der Waals surface area contributed by atoms with Crippen LogP contribution in [0.4, 0.5) is 0 Å². The lowest BCUT2D eigenvalue weighted by Crippen LogP contribution is -2.39. The quantitative estimate of drug-likeness (QED) is 0.429. The molecule has 0 aliphatic rings. The molecule has 25 heavy (non-hydrogen) atoms. The first-order valence-electron chi connectivity index (χ1n) is 8.16. The molecule has 4 nitrogen and oxygen atoms in total. The number of allylic oxidation sites excluding steroid dienone is 1. The highest BCUT2D eigenvalue weighted by atomic mass is 16.6. The lowest BCUT2D eigenvalue weighted by atomic mass is 10.1. The van der Waals surface area contributed by atoms with Crippen molar-refractivity contribution in [1.82, 2.24) is 0 Å². The Morgan fingerprint density at radius 1 is 1.04 bits per heavy atom. The molecule has 0 radical (unpaired) electrons. The van der Waals surface area contributed by atoms with Crippen molar-refractivity contribution >= 4 is 17.8 Å². The normalized spacial score (nSPS) is 11.3. The van der Waals surface area contributed by atoms with Crippen LogP contribution in [0.5, 0.6) is 5.75 Å². The molecule has 0 spiro atoms. The number of carbonyl (C=O) groups excluding carboxylic acids is 2. The van der Waals surface area contributed by atoms with Gasteiger partial charge in [0, 0.05) is 5.56 Å². The third-order valence-electron chi connectivity index (χ3n) is 3.48. The number of hydrogen-bond donors (Lipinski definition) is 0. The maximum Gasteiger partial charge on any atom is 0.349 e. The number of benzene rings is 2. The van der Waals surface area contributed by atoms with Crippen LogP contribution in [0.25, 0.3) is 6.08 Å². The van der Waals surface area contributed by atoms with Crippen LogP contribution in [0.2, 0.25) is 0 Å². The topological polar surface area (TPSA) is 52.6 Å². The fraction of sp³-hybridized carbons (Fsp3) is 0.238. The van der Waals surface area contributed by atoms with Crippen LogP contribution in [0, 0.1) is 0 Å². The van der Waals surface area contributed by atoms with Gasteiger partial charge in [0.2, 0.25) is 0 Å². The molecule has 0 fully saturated rings. The predicted molar refractivity (Wildman–Crippen MR) is 97.6 cm³/mol. The smallest absolute Gasteiger partial charge is 0.349 e. The summed E-state index contributed by atoms with van der Waals surface area (Å²) in [6.45, 7) is 5.37. The molecule has 2 rings (SSSR count). The summed E-state index contributed by atoms with van der Waals surface area (Å²) in [7, 11) is 0. The molecule has 0 atom stereocenters. The highest BCUT2D eigenvalue weighted by molar-refractivity contribution is 6.06.